The first kappa shape index (κ1) is 13.8. The van der Waals surface area contributed by atoms with Crippen LogP contribution in [0.15, 0.2) is 12.4 Å². The van der Waals surface area contributed by atoms with Crippen LogP contribution in [0.2, 0.25) is 0 Å². The molecule has 2 rings (SSSR count). The normalized spacial score (nSPS) is 16.9. The third-order valence-corrected chi connectivity index (χ3v) is 2.50. The van der Waals surface area contributed by atoms with Crippen molar-refractivity contribution in [1.29, 1.82) is 0 Å². The van der Waals surface area contributed by atoms with E-state index in [1.807, 2.05) is 12.4 Å². The molecular formula is C9H17Cl2N3. The maximum atomic E-state index is 4.23. The Labute approximate surface area is 96.9 Å². The van der Waals surface area contributed by atoms with Crippen LogP contribution >= 0.6 is 24.8 Å². The fraction of sp³-hybridized carbons (Fsp3) is 0.667. The van der Waals surface area contributed by atoms with Crippen LogP contribution < -0.4 is 5.32 Å². The second-order valence-corrected chi connectivity index (χ2v) is 3.43. The SMILES string of the molecule is Cl.Cl.c1c[nH]c(CC2CCNCC2)n1. The molecular weight excluding hydrogens is 221 g/mol. The van der Waals surface area contributed by atoms with Crippen molar-refractivity contribution in [3.05, 3.63) is 18.2 Å². The monoisotopic (exact) mass is 237 g/mol. The maximum absolute atomic E-state index is 4.23. The van der Waals surface area contributed by atoms with Gasteiger partial charge in [0.15, 0.2) is 0 Å². The molecule has 1 aliphatic rings. The average Bonchev–Trinajstić information content (AvgIpc) is 2.59. The van der Waals surface area contributed by atoms with Crippen LogP contribution in [-0.2, 0) is 6.42 Å². The summed E-state index contributed by atoms with van der Waals surface area (Å²) in [6.07, 6.45) is 7.43. The topological polar surface area (TPSA) is 40.7 Å². The molecule has 0 aliphatic carbocycles. The van der Waals surface area contributed by atoms with E-state index in [0.717, 1.165) is 18.2 Å². The van der Waals surface area contributed by atoms with Gasteiger partial charge in [0, 0.05) is 18.8 Å². The smallest absolute Gasteiger partial charge is 0.106 e. The van der Waals surface area contributed by atoms with E-state index in [4.69, 9.17) is 0 Å². The number of hydrogen-bond donors (Lipinski definition) is 2. The number of halogens is 2. The molecule has 3 nitrogen and oxygen atoms in total. The second-order valence-electron chi connectivity index (χ2n) is 3.43. The third kappa shape index (κ3) is 3.86. The average molecular weight is 238 g/mol. The minimum atomic E-state index is 0. The zero-order chi connectivity index (χ0) is 8.23. The van der Waals surface area contributed by atoms with Crippen LogP contribution in [-0.4, -0.2) is 23.1 Å². The highest BCUT2D eigenvalue weighted by Crippen LogP contribution is 2.15. The van der Waals surface area contributed by atoms with Crippen LogP contribution in [0.25, 0.3) is 0 Å². The number of imidazole rings is 1. The Balaban J connectivity index is 0.000000845. The van der Waals surface area contributed by atoms with Crippen molar-refractivity contribution >= 4 is 24.8 Å². The van der Waals surface area contributed by atoms with Crippen LogP contribution in [0.5, 0.6) is 0 Å². The molecule has 0 bridgehead atoms. The van der Waals surface area contributed by atoms with E-state index >= 15 is 0 Å². The summed E-state index contributed by atoms with van der Waals surface area (Å²) in [5.74, 6) is 1.97. The minimum Gasteiger partial charge on any atom is -0.349 e. The molecule has 0 amide bonds. The highest BCUT2D eigenvalue weighted by Gasteiger charge is 2.13. The van der Waals surface area contributed by atoms with E-state index in [1.54, 1.807) is 0 Å². The molecule has 0 spiro atoms. The Hall–Kier alpha value is -0.250. The van der Waals surface area contributed by atoms with Crippen molar-refractivity contribution in [2.24, 2.45) is 5.92 Å². The van der Waals surface area contributed by atoms with Crippen LogP contribution in [0, 0.1) is 5.92 Å². The number of H-pyrrole nitrogens is 1. The van der Waals surface area contributed by atoms with Crippen molar-refractivity contribution < 1.29 is 0 Å². The van der Waals surface area contributed by atoms with Crippen molar-refractivity contribution in [3.8, 4) is 0 Å². The fourth-order valence-electron chi connectivity index (χ4n) is 1.77. The van der Waals surface area contributed by atoms with Crippen molar-refractivity contribution in [2.75, 3.05) is 13.1 Å². The standard InChI is InChI=1S/C9H15N3.2ClH/c1-3-10-4-2-8(1)7-9-11-5-6-12-9;;/h5-6,8,10H,1-4,7H2,(H,11,12);2*1H. The number of aromatic nitrogens is 2. The van der Waals surface area contributed by atoms with Gasteiger partial charge in [-0.25, -0.2) is 4.98 Å². The number of aromatic amines is 1. The minimum absolute atomic E-state index is 0. The largest absolute Gasteiger partial charge is 0.349 e. The lowest BCUT2D eigenvalue weighted by Gasteiger charge is -2.21. The molecule has 2 N–H and O–H groups in total. The van der Waals surface area contributed by atoms with E-state index in [0.29, 0.717) is 0 Å². The molecule has 0 saturated carbocycles. The van der Waals surface area contributed by atoms with Crippen molar-refractivity contribution in [1.82, 2.24) is 15.3 Å². The Morgan fingerprint density at radius 3 is 2.57 bits per heavy atom. The zero-order valence-corrected chi connectivity index (χ0v) is 9.66. The predicted molar refractivity (Wildman–Crippen MR) is 62.4 cm³/mol. The summed E-state index contributed by atoms with van der Waals surface area (Å²) < 4.78 is 0. The van der Waals surface area contributed by atoms with Crippen LogP contribution in [0.4, 0.5) is 0 Å². The molecule has 1 aromatic rings. The molecule has 82 valence electrons. The van der Waals surface area contributed by atoms with Gasteiger partial charge in [-0.3, -0.25) is 0 Å². The zero-order valence-electron chi connectivity index (χ0n) is 8.03. The highest BCUT2D eigenvalue weighted by atomic mass is 35.5. The van der Waals surface area contributed by atoms with Gasteiger partial charge < -0.3 is 10.3 Å². The lowest BCUT2D eigenvalue weighted by molar-refractivity contribution is 0.368. The Morgan fingerprint density at radius 1 is 1.29 bits per heavy atom. The molecule has 1 fully saturated rings. The van der Waals surface area contributed by atoms with E-state index in [1.165, 1.54) is 25.9 Å². The summed E-state index contributed by atoms with van der Waals surface area (Å²) in [6.45, 7) is 2.34. The van der Waals surface area contributed by atoms with Crippen LogP contribution in [0.3, 0.4) is 0 Å². The number of rotatable bonds is 2. The van der Waals surface area contributed by atoms with Gasteiger partial charge in [0.2, 0.25) is 0 Å². The molecule has 1 aliphatic heterocycles. The van der Waals surface area contributed by atoms with Gasteiger partial charge in [-0.2, -0.15) is 0 Å². The molecule has 0 unspecified atom stereocenters. The number of nitrogens with zero attached hydrogens (tertiary/aromatic N) is 1. The lowest BCUT2D eigenvalue weighted by Crippen LogP contribution is -2.28. The van der Waals surface area contributed by atoms with Crippen molar-refractivity contribution in [2.45, 2.75) is 19.3 Å². The highest BCUT2D eigenvalue weighted by molar-refractivity contribution is 5.85. The molecule has 0 radical (unpaired) electrons. The Morgan fingerprint density at radius 2 is 2.00 bits per heavy atom. The molecule has 1 aromatic heterocycles. The summed E-state index contributed by atoms with van der Waals surface area (Å²) >= 11 is 0. The third-order valence-electron chi connectivity index (χ3n) is 2.50. The van der Waals surface area contributed by atoms with E-state index in [9.17, 15) is 0 Å². The van der Waals surface area contributed by atoms with Gasteiger partial charge in [-0.1, -0.05) is 0 Å². The van der Waals surface area contributed by atoms with Crippen LogP contribution in [0.1, 0.15) is 18.7 Å². The van der Waals surface area contributed by atoms with E-state index < -0.39 is 0 Å². The summed E-state index contributed by atoms with van der Waals surface area (Å²) in [5.41, 5.74) is 0. The molecule has 1 saturated heterocycles. The van der Waals surface area contributed by atoms with E-state index in [-0.39, 0.29) is 24.8 Å². The predicted octanol–water partition coefficient (Wildman–Crippen LogP) is 1.80. The number of hydrogen-bond acceptors (Lipinski definition) is 2. The summed E-state index contributed by atoms with van der Waals surface area (Å²) in [6, 6.07) is 0. The molecule has 2 heterocycles. The van der Waals surface area contributed by atoms with Gasteiger partial charge in [0.25, 0.3) is 0 Å². The Kier molecular flexibility index (Phi) is 6.97. The van der Waals surface area contributed by atoms with Gasteiger partial charge in [-0.05, 0) is 31.8 Å². The lowest BCUT2D eigenvalue weighted by atomic mass is 9.94. The molecule has 0 aromatic carbocycles. The fourth-order valence-corrected chi connectivity index (χ4v) is 1.77. The number of nitrogens with one attached hydrogen (secondary N) is 2. The van der Waals surface area contributed by atoms with Gasteiger partial charge in [0.1, 0.15) is 5.82 Å². The number of piperidine rings is 1. The second kappa shape index (κ2) is 7.10. The molecule has 0 atom stereocenters. The first-order chi connectivity index (χ1) is 5.95. The van der Waals surface area contributed by atoms with Gasteiger partial charge in [0.05, 0.1) is 0 Å². The summed E-state index contributed by atoms with van der Waals surface area (Å²) in [4.78, 5) is 7.39. The van der Waals surface area contributed by atoms with Crippen molar-refractivity contribution in [3.63, 3.8) is 0 Å². The molecule has 14 heavy (non-hydrogen) atoms. The Bertz CT molecular complexity index is 220. The van der Waals surface area contributed by atoms with Gasteiger partial charge >= 0.3 is 0 Å². The van der Waals surface area contributed by atoms with E-state index in [2.05, 4.69) is 15.3 Å². The first-order valence-corrected chi connectivity index (χ1v) is 4.64. The maximum Gasteiger partial charge on any atom is 0.106 e. The quantitative estimate of drug-likeness (QED) is 0.824. The van der Waals surface area contributed by atoms with Gasteiger partial charge in [-0.15, -0.1) is 24.8 Å². The summed E-state index contributed by atoms with van der Waals surface area (Å²) in [5, 5.41) is 3.36. The summed E-state index contributed by atoms with van der Waals surface area (Å²) in [7, 11) is 0. The molecule has 5 heteroatoms. The first-order valence-electron chi connectivity index (χ1n) is 4.64.